The van der Waals surface area contributed by atoms with Crippen molar-refractivity contribution >= 4 is 51.9 Å². The smallest absolute Gasteiger partial charge is 0.338 e. The van der Waals surface area contributed by atoms with Gasteiger partial charge < -0.3 is 9.47 Å². The number of ether oxygens (including phenoxy) is 2. The van der Waals surface area contributed by atoms with Crippen molar-refractivity contribution in [2.75, 3.05) is 18.6 Å². The third kappa shape index (κ3) is 4.20. The summed E-state index contributed by atoms with van der Waals surface area (Å²) >= 11 is 6.61. The van der Waals surface area contributed by atoms with Crippen LogP contribution in [0.3, 0.4) is 0 Å². The highest BCUT2D eigenvalue weighted by molar-refractivity contribution is 8.27. The Balaban J connectivity index is 1.86. The van der Waals surface area contributed by atoms with E-state index in [0.717, 1.165) is 11.3 Å². The number of anilines is 1. The van der Waals surface area contributed by atoms with Crippen LogP contribution in [0.2, 0.25) is 0 Å². The summed E-state index contributed by atoms with van der Waals surface area (Å²) in [4.78, 5) is 26.8. The van der Waals surface area contributed by atoms with Crippen LogP contribution in [0.5, 0.6) is 5.75 Å². The van der Waals surface area contributed by atoms with Crippen molar-refractivity contribution in [3.63, 3.8) is 0 Å². The second-order valence-electron chi connectivity index (χ2n) is 5.56. The molecular weight excluding hydrogens is 382 g/mol. The molecule has 3 rings (SSSR count). The minimum absolute atomic E-state index is 0.221. The van der Waals surface area contributed by atoms with Crippen LogP contribution in [-0.2, 0) is 9.53 Å². The fourth-order valence-electron chi connectivity index (χ4n) is 2.53. The van der Waals surface area contributed by atoms with Crippen molar-refractivity contribution < 1.29 is 19.1 Å². The first-order chi connectivity index (χ1) is 13.0. The van der Waals surface area contributed by atoms with E-state index in [1.54, 1.807) is 44.4 Å². The fourth-order valence-corrected chi connectivity index (χ4v) is 3.83. The summed E-state index contributed by atoms with van der Waals surface area (Å²) in [5.74, 6) is 0.0934. The topological polar surface area (TPSA) is 55.8 Å². The number of esters is 1. The van der Waals surface area contributed by atoms with Crippen molar-refractivity contribution in [2.24, 2.45) is 0 Å². The number of thiocarbonyl (C=S) groups is 1. The van der Waals surface area contributed by atoms with Gasteiger partial charge in [0.25, 0.3) is 5.91 Å². The fraction of sp³-hybridized carbons (Fsp3) is 0.150. The lowest BCUT2D eigenvalue weighted by Gasteiger charge is -2.15. The molecule has 1 aliphatic heterocycles. The number of hydrogen-bond donors (Lipinski definition) is 0. The van der Waals surface area contributed by atoms with Crippen LogP contribution in [0.4, 0.5) is 5.69 Å². The summed E-state index contributed by atoms with van der Waals surface area (Å²) in [6, 6.07) is 14.1. The lowest BCUT2D eigenvalue weighted by atomic mass is 10.1. The highest BCUT2D eigenvalue weighted by Crippen LogP contribution is 2.36. The third-order valence-corrected chi connectivity index (χ3v) is 5.12. The minimum atomic E-state index is -0.432. The number of carbonyl (C=O) groups is 2. The lowest BCUT2D eigenvalue weighted by molar-refractivity contribution is -0.113. The summed E-state index contributed by atoms with van der Waals surface area (Å²) in [5, 5.41) is 0. The molecule has 0 N–H and O–H groups in total. The number of nitrogens with zero attached hydrogens (tertiary/aromatic N) is 1. The maximum atomic E-state index is 12.9. The molecule has 2 aromatic carbocycles. The molecule has 0 spiro atoms. The number of thioether (sulfide) groups is 1. The first kappa shape index (κ1) is 19.1. The number of benzene rings is 2. The van der Waals surface area contributed by atoms with Gasteiger partial charge in [0.2, 0.25) is 0 Å². The first-order valence-electron chi connectivity index (χ1n) is 8.22. The van der Waals surface area contributed by atoms with Gasteiger partial charge in [0.1, 0.15) is 5.75 Å². The van der Waals surface area contributed by atoms with Gasteiger partial charge in [-0.25, -0.2) is 4.79 Å². The molecule has 0 bridgehead atoms. The summed E-state index contributed by atoms with van der Waals surface area (Å²) in [7, 11) is 1.60. The average Bonchev–Trinajstić information content (AvgIpc) is 2.96. The number of rotatable bonds is 5. The molecule has 1 fully saturated rings. The molecule has 1 amide bonds. The van der Waals surface area contributed by atoms with Crippen molar-refractivity contribution in [3.05, 3.63) is 64.6 Å². The molecule has 1 saturated heterocycles. The minimum Gasteiger partial charge on any atom is -0.497 e. The lowest BCUT2D eigenvalue weighted by Crippen LogP contribution is -2.27. The van der Waals surface area contributed by atoms with Gasteiger partial charge in [-0.3, -0.25) is 9.69 Å². The van der Waals surface area contributed by atoms with Gasteiger partial charge >= 0.3 is 5.97 Å². The Labute approximate surface area is 167 Å². The maximum absolute atomic E-state index is 12.9. The predicted molar refractivity (Wildman–Crippen MR) is 111 cm³/mol. The Morgan fingerprint density at radius 2 is 1.96 bits per heavy atom. The molecule has 0 aliphatic carbocycles. The molecule has 0 saturated carbocycles. The molecule has 27 heavy (non-hydrogen) atoms. The maximum Gasteiger partial charge on any atom is 0.338 e. The van der Waals surface area contributed by atoms with E-state index in [9.17, 15) is 9.59 Å². The molecule has 0 atom stereocenters. The van der Waals surface area contributed by atoms with E-state index in [0.29, 0.717) is 20.5 Å². The Morgan fingerprint density at radius 3 is 2.63 bits per heavy atom. The van der Waals surface area contributed by atoms with Gasteiger partial charge in [-0.05, 0) is 48.9 Å². The summed E-state index contributed by atoms with van der Waals surface area (Å²) in [6.07, 6.45) is 1.79. The zero-order valence-electron chi connectivity index (χ0n) is 14.8. The first-order valence-corrected chi connectivity index (χ1v) is 9.45. The zero-order valence-corrected chi connectivity index (χ0v) is 16.4. The Hall–Kier alpha value is -2.64. The van der Waals surface area contributed by atoms with Gasteiger partial charge in [-0.2, -0.15) is 0 Å². The van der Waals surface area contributed by atoms with Crippen molar-refractivity contribution in [2.45, 2.75) is 6.92 Å². The second-order valence-corrected chi connectivity index (χ2v) is 7.24. The molecule has 1 aliphatic rings. The van der Waals surface area contributed by atoms with E-state index in [1.165, 1.54) is 16.7 Å². The van der Waals surface area contributed by atoms with Gasteiger partial charge in [0.15, 0.2) is 4.32 Å². The SMILES string of the molecule is CCOC(=O)c1cccc(N2C(=O)C(=Cc3ccc(OC)cc3)SC2=S)c1. The summed E-state index contributed by atoms with van der Waals surface area (Å²) < 4.78 is 10.6. The number of amides is 1. The van der Waals surface area contributed by atoms with Crippen molar-refractivity contribution in [1.82, 2.24) is 0 Å². The molecule has 1 heterocycles. The number of hydrogen-bond acceptors (Lipinski definition) is 6. The number of methoxy groups -OCH3 is 1. The van der Waals surface area contributed by atoms with Crippen LogP contribution >= 0.6 is 24.0 Å². The van der Waals surface area contributed by atoms with Crippen LogP contribution < -0.4 is 9.64 Å². The highest BCUT2D eigenvalue weighted by Gasteiger charge is 2.33. The second kappa shape index (κ2) is 8.37. The van der Waals surface area contributed by atoms with E-state index in [-0.39, 0.29) is 12.5 Å². The van der Waals surface area contributed by atoms with Crippen molar-refractivity contribution in [1.29, 1.82) is 0 Å². The number of carbonyl (C=O) groups excluding carboxylic acids is 2. The van der Waals surface area contributed by atoms with E-state index in [4.69, 9.17) is 21.7 Å². The Morgan fingerprint density at radius 1 is 1.22 bits per heavy atom. The van der Waals surface area contributed by atoms with Gasteiger partial charge in [0, 0.05) is 0 Å². The molecular formula is C20H17NO4S2. The molecule has 138 valence electrons. The molecule has 0 aromatic heterocycles. The average molecular weight is 399 g/mol. The zero-order chi connectivity index (χ0) is 19.4. The van der Waals surface area contributed by atoms with Gasteiger partial charge in [-0.1, -0.05) is 42.2 Å². The largest absolute Gasteiger partial charge is 0.497 e. The monoisotopic (exact) mass is 399 g/mol. The molecule has 0 radical (unpaired) electrons. The van der Waals surface area contributed by atoms with E-state index in [2.05, 4.69) is 0 Å². The Bertz CT molecular complexity index is 922. The third-order valence-electron chi connectivity index (χ3n) is 3.82. The predicted octanol–water partition coefficient (Wildman–Crippen LogP) is 4.28. The summed E-state index contributed by atoms with van der Waals surface area (Å²) in [5.41, 5.74) is 1.79. The van der Waals surface area contributed by atoms with Crippen LogP contribution in [-0.4, -0.2) is 29.9 Å². The van der Waals surface area contributed by atoms with E-state index < -0.39 is 5.97 Å². The molecule has 5 nitrogen and oxygen atoms in total. The Kier molecular flexibility index (Phi) is 5.93. The van der Waals surface area contributed by atoms with E-state index in [1.807, 2.05) is 24.3 Å². The quantitative estimate of drug-likeness (QED) is 0.425. The summed E-state index contributed by atoms with van der Waals surface area (Å²) in [6.45, 7) is 2.03. The molecule has 7 heteroatoms. The standard InChI is InChI=1S/C20H17NO4S2/c1-3-25-19(23)14-5-4-6-15(12-14)21-18(22)17(27-20(21)26)11-13-7-9-16(24-2)10-8-13/h4-12H,3H2,1-2H3. The highest BCUT2D eigenvalue weighted by atomic mass is 32.2. The van der Waals surface area contributed by atoms with Gasteiger partial charge in [-0.15, -0.1) is 0 Å². The van der Waals surface area contributed by atoms with E-state index >= 15 is 0 Å². The van der Waals surface area contributed by atoms with Crippen LogP contribution in [0.1, 0.15) is 22.8 Å². The van der Waals surface area contributed by atoms with Gasteiger partial charge in [0.05, 0.1) is 29.9 Å². The molecule has 2 aromatic rings. The normalized spacial score (nSPS) is 15.3. The van der Waals surface area contributed by atoms with Crippen LogP contribution in [0, 0.1) is 0 Å². The van der Waals surface area contributed by atoms with Crippen LogP contribution in [0.25, 0.3) is 6.08 Å². The molecule has 0 unspecified atom stereocenters. The van der Waals surface area contributed by atoms with Crippen LogP contribution in [0.15, 0.2) is 53.4 Å². The van der Waals surface area contributed by atoms with Crippen molar-refractivity contribution in [3.8, 4) is 5.75 Å².